The summed E-state index contributed by atoms with van der Waals surface area (Å²) in [6.07, 6.45) is 6.48. The molecule has 1 N–H and O–H groups in total. The van der Waals surface area contributed by atoms with Crippen molar-refractivity contribution in [2.45, 2.75) is 25.3 Å². The molecule has 0 spiro atoms. The molecule has 0 bridgehead atoms. The summed E-state index contributed by atoms with van der Waals surface area (Å²) in [5, 5.41) is 9.00. The predicted octanol–water partition coefficient (Wildman–Crippen LogP) is 3.21. The third-order valence-electron chi connectivity index (χ3n) is 3.86. The van der Waals surface area contributed by atoms with Crippen molar-refractivity contribution in [2.75, 3.05) is 6.54 Å². The molecule has 3 heterocycles. The summed E-state index contributed by atoms with van der Waals surface area (Å²) in [6.45, 7) is 0.693. The normalized spacial score (nSPS) is 18.2. The van der Waals surface area contributed by atoms with Crippen molar-refractivity contribution in [1.82, 2.24) is 9.88 Å². The fourth-order valence-electron chi connectivity index (χ4n) is 2.80. The number of rotatable bonds is 3. The lowest BCUT2D eigenvalue weighted by Gasteiger charge is -2.35. The van der Waals surface area contributed by atoms with Crippen LogP contribution in [0.2, 0.25) is 0 Å². The standard InChI is InChI=1S/C16H16N2O3S/c19-15(13-6-7-14(22-13)16(20)21)18-9-2-1-5-12(18)11-4-3-8-17-10-11/h3-4,6-8,10,12H,1-2,5,9H2,(H,20,21). The Labute approximate surface area is 132 Å². The van der Waals surface area contributed by atoms with Gasteiger partial charge in [0, 0.05) is 18.9 Å². The molecule has 2 aromatic rings. The van der Waals surface area contributed by atoms with E-state index in [2.05, 4.69) is 4.98 Å². The molecule has 1 saturated heterocycles. The molecule has 0 aliphatic carbocycles. The molecule has 114 valence electrons. The third-order valence-corrected chi connectivity index (χ3v) is 4.92. The van der Waals surface area contributed by atoms with Crippen LogP contribution in [0, 0.1) is 0 Å². The van der Waals surface area contributed by atoms with Gasteiger partial charge in [0.1, 0.15) is 4.88 Å². The summed E-state index contributed by atoms with van der Waals surface area (Å²) < 4.78 is 0. The molecule has 2 aromatic heterocycles. The van der Waals surface area contributed by atoms with E-state index in [9.17, 15) is 9.59 Å². The maximum absolute atomic E-state index is 12.7. The Morgan fingerprint density at radius 3 is 2.73 bits per heavy atom. The second-order valence-electron chi connectivity index (χ2n) is 5.27. The topological polar surface area (TPSA) is 70.5 Å². The van der Waals surface area contributed by atoms with Gasteiger partial charge in [-0.05, 0) is 43.0 Å². The molecule has 1 atom stereocenters. The van der Waals surface area contributed by atoms with Crippen molar-refractivity contribution in [1.29, 1.82) is 0 Å². The highest BCUT2D eigenvalue weighted by molar-refractivity contribution is 7.15. The van der Waals surface area contributed by atoms with Crippen LogP contribution in [0.1, 0.15) is 50.2 Å². The van der Waals surface area contributed by atoms with Gasteiger partial charge in [0.15, 0.2) is 0 Å². The first kappa shape index (κ1) is 14.7. The highest BCUT2D eigenvalue weighted by Gasteiger charge is 2.29. The minimum absolute atomic E-state index is 0.0188. The first-order valence-corrected chi connectivity index (χ1v) is 8.02. The first-order valence-electron chi connectivity index (χ1n) is 7.21. The minimum Gasteiger partial charge on any atom is -0.477 e. The molecule has 6 heteroatoms. The smallest absolute Gasteiger partial charge is 0.345 e. The Balaban J connectivity index is 1.86. The van der Waals surface area contributed by atoms with Crippen LogP contribution in [0.25, 0.3) is 0 Å². The molecule has 3 rings (SSSR count). The molecular formula is C16H16N2O3S. The Hall–Kier alpha value is -2.21. The van der Waals surface area contributed by atoms with E-state index in [0.717, 1.165) is 36.2 Å². The number of aromatic nitrogens is 1. The van der Waals surface area contributed by atoms with Gasteiger partial charge in [-0.25, -0.2) is 4.79 Å². The van der Waals surface area contributed by atoms with Gasteiger partial charge in [0.05, 0.1) is 10.9 Å². The van der Waals surface area contributed by atoms with Crippen LogP contribution in [-0.2, 0) is 0 Å². The van der Waals surface area contributed by atoms with Gasteiger partial charge >= 0.3 is 5.97 Å². The molecule has 0 aromatic carbocycles. The second-order valence-corrected chi connectivity index (χ2v) is 6.35. The van der Waals surface area contributed by atoms with Crippen LogP contribution in [0.5, 0.6) is 0 Å². The van der Waals surface area contributed by atoms with Crippen LogP contribution in [0.15, 0.2) is 36.7 Å². The summed E-state index contributed by atoms with van der Waals surface area (Å²) in [6, 6.07) is 6.97. The number of carboxylic acid groups (broad SMARTS) is 1. The summed E-state index contributed by atoms with van der Waals surface area (Å²) in [7, 11) is 0. The predicted molar refractivity (Wildman–Crippen MR) is 83.1 cm³/mol. The van der Waals surface area contributed by atoms with E-state index in [1.807, 2.05) is 17.0 Å². The number of thiophene rings is 1. The number of pyridine rings is 1. The zero-order valence-electron chi connectivity index (χ0n) is 11.9. The van der Waals surface area contributed by atoms with Gasteiger partial charge in [-0.1, -0.05) is 6.07 Å². The van der Waals surface area contributed by atoms with Crippen molar-refractivity contribution in [3.8, 4) is 0 Å². The van der Waals surface area contributed by atoms with Crippen molar-refractivity contribution < 1.29 is 14.7 Å². The lowest BCUT2D eigenvalue weighted by Crippen LogP contribution is -2.38. The largest absolute Gasteiger partial charge is 0.477 e. The van der Waals surface area contributed by atoms with Crippen LogP contribution in [0.4, 0.5) is 0 Å². The fraction of sp³-hybridized carbons (Fsp3) is 0.312. The molecule has 22 heavy (non-hydrogen) atoms. The van der Waals surface area contributed by atoms with E-state index in [-0.39, 0.29) is 16.8 Å². The van der Waals surface area contributed by atoms with Crippen molar-refractivity contribution >= 4 is 23.2 Å². The third kappa shape index (κ3) is 2.87. The van der Waals surface area contributed by atoms with Gasteiger partial charge in [-0.2, -0.15) is 0 Å². The Morgan fingerprint density at radius 1 is 1.23 bits per heavy atom. The van der Waals surface area contributed by atoms with E-state index < -0.39 is 5.97 Å². The SMILES string of the molecule is O=C(O)c1ccc(C(=O)N2CCCCC2c2cccnc2)s1. The van der Waals surface area contributed by atoms with E-state index >= 15 is 0 Å². The molecular weight excluding hydrogens is 300 g/mol. The van der Waals surface area contributed by atoms with E-state index in [4.69, 9.17) is 5.11 Å². The number of hydrogen-bond donors (Lipinski definition) is 1. The van der Waals surface area contributed by atoms with Gasteiger partial charge in [-0.15, -0.1) is 11.3 Å². The second kappa shape index (κ2) is 6.27. The number of likely N-dealkylation sites (tertiary alicyclic amines) is 1. The van der Waals surface area contributed by atoms with Crippen molar-refractivity contribution in [3.05, 3.63) is 52.0 Å². The van der Waals surface area contributed by atoms with E-state index in [1.54, 1.807) is 18.5 Å². The number of nitrogens with zero attached hydrogens (tertiary/aromatic N) is 2. The maximum Gasteiger partial charge on any atom is 0.345 e. The Morgan fingerprint density at radius 2 is 2.05 bits per heavy atom. The molecule has 1 amide bonds. The fourth-order valence-corrected chi connectivity index (χ4v) is 3.60. The average Bonchev–Trinajstić information content (AvgIpc) is 3.05. The van der Waals surface area contributed by atoms with Gasteiger partial charge in [0.25, 0.3) is 5.91 Å². The van der Waals surface area contributed by atoms with Crippen LogP contribution in [-0.4, -0.2) is 33.4 Å². The van der Waals surface area contributed by atoms with E-state index in [1.165, 1.54) is 6.07 Å². The number of aromatic carboxylic acids is 1. The highest BCUT2D eigenvalue weighted by Crippen LogP contribution is 2.32. The molecule has 5 nitrogen and oxygen atoms in total. The number of carbonyl (C=O) groups is 2. The first-order chi connectivity index (χ1) is 10.7. The molecule has 1 fully saturated rings. The molecule has 1 unspecified atom stereocenters. The Kier molecular flexibility index (Phi) is 4.20. The lowest BCUT2D eigenvalue weighted by molar-refractivity contribution is 0.0615. The van der Waals surface area contributed by atoms with Gasteiger partial charge in [-0.3, -0.25) is 9.78 Å². The molecule has 0 saturated carbocycles. The molecule has 0 radical (unpaired) electrons. The molecule has 1 aliphatic rings. The Bertz CT molecular complexity index is 684. The zero-order valence-corrected chi connectivity index (χ0v) is 12.8. The number of piperidine rings is 1. The number of carboxylic acids is 1. The minimum atomic E-state index is -0.994. The van der Waals surface area contributed by atoms with Crippen molar-refractivity contribution in [2.24, 2.45) is 0 Å². The zero-order chi connectivity index (χ0) is 15.5. The number of carbonyl (C=O) groups excluding carboxylic acids is 1. The maximum atomic E-state index is 12.7. The number of amides is 1. The van der Waals surface area contributed by atoms with Crippen LogP contribution in [0.3, 0.4) is 0 Å². The lowest BCUT2D eigenvalue weighted by atomic mass is 9.96. The molecule has 1 aliphatic heterocycles. The van der Waals surface area contributed by atoms with E-state index in [0.29, 0.717) is 11.4 Å². The summed E-state index contributed by atoms with van der Waals surface area (Å²) in [5.74, 6) is -1.09. The van der Waals surface area contributed by atoms with Gasteiger partial charge in [0.2, 0.25) is 0 Å². The van der Waals surface area contributed by atoms with Crippen molar-refractivity contribution in [3.63, 3.8) is 0 Å². The quantitative estimate of drug-likeness (QED) is 0.944. The van der Waals surface area contributed by atoms with Crippen LogP contribution < -0.4 is 0 Å². The summed E-state index contributed by atoms with van der Waals surface area (Å²) >= 11 is 1.03. The monoisotopic (exact) mass is 316 g/mol. The highest BCUT2D eigenvalue weighted by atomic mass is 32.1. The van der Waals surface area contributed by atoms with Crippen LogP contribution >= 0.6 is 11.3 Å². The average molecular weight is 316 g/mol. The number of hydrogen-bond acceptors (Lipinski definition) is 4. The van der Waals surface area contributed by atoms with Gasteiger partial charge < -0.3 is 10.0 Å². The summed E-state index contributed by atoms with van der Waals surface area (Å²) in [4.78, 5) is 30.4. The summed E-state index contributed by atoms with van der Waals surface area (Å²) in [5.41, 5.74) is 1.03.